The maximum Gasteiger partial charge on any atom is 0.259 e. The van der Waals surface area contributed by atoms with E-state index in [-0.39, 0.29) is 11.5 Å². The molecule has 1 aliphatic rings. The third kappa shape index (κ3) is 4.80. The summed E-state index contributed by atoms with van der Waals surface area (Å²) in [5, 5.41) is 0.672. The number of aromatic amines is 1. The van der Waals surface area contributed by atoms with Gasteiger partial charge in [-0.15, -0.1) is 11.3 Å². The van der Waals surface area contributed by atoms with E-state index in [1.807, 2.05) is 30.9 Å². The highest BCUT2D eigenvalue weighted by atomic mass is 32.1. The Morgan fingerprint density at radius 2 is 1.87 bits per heavy atom. The van der Waals surface area contributed by atoms with Gasteiger partial charge in [0, 0.05) is 50.4 Å². The number of piperazine rings is 1. The Morgan fingerprint density at radius 3 is 2.55 bits per heavy atom. The maximum absolute atomic E-state index is 12.7. The van der Waals surface area contributed by atoms with E-state index >= 15 is 0 Å². The van der Waals surface area contributed by atoms with Crippen molar-refractivity contribution in [2.45, 2.75) is 33.2 Å². The number of benzene rings is 1. The molecular weight excluding hydrogens is 412 g/mol. The minimum Gasteiger partial charge on any atom is -0.497 e. The van der Waals surface area contributed by atoms with Gasteiger partial charge in [0.1, 0.15) is 16.4 Å². The van der Waals surface area contributed by atoms with Crippen LogP contribution in [0.15, 0.2) is 29.1 Å². The highest BCUT2D eigenvalue weighted by molar-refractivity contribution is 7.18. The number of ether oxygens (including phenoxy) is 1. The van der Waals surface area contributed by atoms with Gasteiger partial charge in [-0.2, -0.15) is 0 Å². The van der Waals surface area contributed by atoms with E-state index in [0.29, 0.717) is 24.1 Å². The molecule has 31 heavy (non-hydrogen) atoms. The Kier molecular flexibility index (Phi) is 6.38. The van der Waals surface area contributed by atoms with Gasteiger partial charge in [-0.25, -0.2) is 4.98 Å². The van der Waals surface area contributed by atoms with Crippen LogP contribution < -0.4 is 10.3 Å². The summed E-state index contributed by atoms with van der Waals surface area (Å²) in [5.74, 6) is 1.56. The zero-order valence-corrected chi connectivity index (χ0v) is 19.1. The molecule has 2 aromatic heterocycles. The van der Waals surface area contributed by atoms with E-state index in [4.69, 9.17) is 4.74 Å². The summed E-state index contributed by atoms with van der Waals surface area (Å²) >= 11 is 1.53. The van der Waals surface area contributed by atoms with Crippen LogP contribution in [0.5, 0.6) is 5.75 Å². The molecule has 1 aliphatic heterocycles. The number of rotatable bonds is 6. The summed E-state index contributed by atoms with van der Waals surface area (Å²) in [6.45, 7) is 7.97. The molecule has 1 saturated heterocycles. The van der Waals surface area contributed by atoms with E-state index in [1.54, 1.807) is 7.11 Å². The van der Waals surface area contributed by atoms with Crippen LogP contribution in [0.3, 0.4) is 0 Å². The van der Waals surface area contributed by atoms with Crippen molar-refractivity contribution in [3.63, 3.8) is 0 Å². The average molecular weight is 441 g/mol. The fourth-order valence-electron chi connectivity index (χ4n) is 3.95. The number of fused-ring (bicyclic) bond motifs is 1. The van der Waals surface area contributed by atoms with Crippen LogP contribution in [0, 0.1) is 13.8 Å². The summed E-state index contributed by atoms with van der Waals surface area (Å²) in [6, 6.07) is 8.11. The molecule has 0 unspecified atom stereocenters. The van der Waals surface area contributed by atoms with Gasteiger partial charge < -0.3 is 14.6 Å². The minimum absolute atomic E-state index is 0.110. The summed E-state index contributed by atoms with van der Waals surface area (Å²) < 4.78 is 5.21. The fourth-order valence-corrected chi connectivity index (χ4v) is 4.99. The number of thiophene rings is 1. The van der Waals surface area contributed by atoms with Crippen molar-refractivity contribution in [2.24, 2.45) is 0 Å². The Bertz CT molecular complexity index is 1130. The molecule has 0 radical (unpaired) electrons. The lowest BCUT2D eigenvalue weighted by Gasteiger charge is -2.34. The molecule has 0 bridgehead atoms. The fraction of sp³-hybridized carbons (Fsp3) is 0.435. The van der Waals surface area contributed by atoms with Crippen molar-refractivity contribution in [3.05, 3.63) is 56.4 Å². The molecular formula is C23H28N4O3S. The molecule has 0 saturated carbocycles. The number of hydrogen-bond acceptors (Lipinski definition) is 6. The second kappa shape index (κ2) is 9.20. The van der Waals surface area contributed by atoms with Gasteiger partial charge in [0.15, 0.2) is 0 Å². The summed E-state index contributed by atoms with van der Waals surface area (Å²) in [6.07, 6.45) is 0.808. The normalized spacial score (nSPS) is 14.9. The molecule has 1 amide bonds. The molecule has 1 aromatic carbocycles. The molecule has 164 valence electrons. The zero-order chi connectivity index (χ0) is 22.0. The van der Waals surface area contributed by atoms with Crippen LogP contribution in [0.4, 0.5) is 0 Å². The van der Waals surface area contributed by atoms with Gasteiger partial charge in [-0.1, -0.05) is 12.1 Å². The van der Waals surface area contributed by atoms with Gasteiger partial charge in [0.2, 0.25) is 5.91 Å². The Labute approximate surface area is 185 Å². The van der Waals surface area contributed by atoms with Crippen LogP contribution >= 0.6 is 11.3 Å². The SMILES string of the molecule is COc1ccc(CN2CCN(C(=O)CCc3nc4sc(C)c(C)c4c(=O)[nH]3)CC2)cc1. The first-order valence-electron chi connectivity index (χ1n) is 10.6. The molecule has 3 heterocycles. The summed E-state index contributed by atoms with van der Waals surface area (Å²) in [4.78, 5) is 38.7. The Morgan fingerprint density at radius 1 is 1.16 bits per heavy atom. The average Bonchev–Trinajstić information content (AvgIpc) is 3.07. The number of carbonyl (C=O) groups excluding carboxylic acids is 1. The van der Waals surface area contributed by atoms with Crippen molar-refractivity contribution in [2.75, 3.05) is 33.3 Å². The standard InChI is InChI=1S/C23H28N4O3S/c1-15-16(2)31-23-21(15)22(29)24-19(25-23)8-9-20(28)27-12-10-26(11-13-27)14-17-4-6-18(30-3)7-5-17/h4-7H,8-14H2,1-3H3,(H,24,25,29). The van der Waals surface area contributed by atoms with Crippen LogP contribution in [0.2, 0.25) is 0 Å². The van der Waals surface area contributed by atoms with Gasteiger partial charge in [0.25, 0.3) is 5.56 Å². The van der Waals surface area contributed by atoms with Crippen molar-refractivity contribution in [3.8, 4) is 5.75 Å². The van der Waals surface area contributed by atoms with Gasteiger partial charge in [-0.05, 0) is 37.1 Å². The molecule has 4 rings (SSSR count). The first-order valence-corrected chi connectivity index (χ1v) is 11.4. The predicted molar refractivity (Wildman–Crippen MR) is 123 cm³/mol. The zero-order valence-electron chi connectivity index (χ0n) is 18.2. The Balaban J connectivity index is 1.29. The molecule has 1 fully saturated rings. The number of nitrogens with zero attached hydrogens (tertiary/aromatic N) is 3. The van der Waals surface area contributed by atoms with E-state index < -0.39 is 0 Å². The van der Waals surface area contributed by atoms with Crippen molar-refractivity contribution in [1.82, 2.24) is 19.8 Å². The van der Waals surface area contributed by atoms with Gasteiger partial charge in [0.05, 0.1) is 12.5 Å². The third-order valence-electron chi connectivity index (χ3n) is 5.95. The topological polar surface area (TPSA) is 78.5 Å². The second-order valence-corrected chi connectivity index (χ2v) is 9.18. The predicted octanol–water partition coefficient (Wildman–Crippen LogP) is 2.89. The minimum atomic E-state index is -0.110. The molecule has 7 nitrogen and oxygen atoms in total. The van der Waals surface area contributed by atoms with Gasteiger partial charge >= 0.3 is 0 Å². The van der Waals surface area contributed by atoms with Crippen molar-refractivity contribution >= 4 is 27.5 Å². The molecule has 3 aromatic rings. The molecule has 0 aliphatic carbocycles. The molecule has 0 spiro atoms. The smallest absolute Gasteiger partial charge is 0.259 e. The first kappa shape index (κ1) is 21.5. The molecule has 1 N–H and O–H groups in total. The lowest BCUT2D eigenvalue weighted by Crippen LogP contribution is -2.48. The lowest BCUT2D eigenvalue weighted by atomic mass is 10.1. The summed E-state index contributed by atoms with van der Waals surface area (Å²) in [7, 11) is 1.67. The quantitative estimate of drug-likeness (QED) is 0.638. The van der Waals surface area contributed by atoms with E-state index in [2.05, 4.69) is 27.0 Å². The van der Waals surface area contributed by atoms with Crippen molar-refractivity contribution in [1.29, 1.82) is 0 Å². The van der Waals surface area contributed by atoms with Crippen LogP contribution in [-0.4, -0.2) is 59.0 Å². The number of amides is 1. The Hall–Kier alpha value is -2.71. The largest absolute Gasteiger partial charge is 0.497 e. The number of carbonyl (C=O) groups is 1. The van der Waals surface area contributed by atoms with Gasteiger partial charge in [-0.3, -0.25) is 14.5 Å². The lowest BCUT2D eigenvalue weighted by molar-refractivity contribution is -0.133. The van der Waals surface area contributed by atoms with Crippen LogP contribution in [0.1, 0.15) is 28.2 Å². The van der Waals surface area contributed by atoms with Crippen LogP contribution in [0.25, 0.3) is 10.2 Å². The first-order chi connectivity index (χ1) is 14.9. The highest BCUT2D eigenvalue weighted by Crippen LogP contribution is 2.25. The highest BCUT2D eigenvalue weighted by Gasteiger charge is 2.21. The second-order valence-electron chi connectivity index (χ2n) is 7.98. The third-order valence-corrected chi connectivity index (χ3v) is 7.06. The number of hydrogen-bond donors (Lipinski definition) is 1. The molecule has 8 heteroatoms. The number of H-pyrrole nitrogens is 1. The van der Waals surface area contributed by atoms with E-state index in [0.717, 1.165) is 53.7 Å². The monoisotopic (exact) mass is 440 g/mol. The molecule has 0 atom stereocenters. The number of methoxy groups -OCH3 is 1. The van der Waals surface area contributed by atoms with Crippen LogP contribution in [-0.2, 0) is 17.8 Å². The summed E-state index contributed by atoms with van der Waals surface area (Å²) in [5.41, 5.74) is 2.12. The van der Waals surface area contributed by atoms with E-state index in [1.165, 1.54) is 16.9 Å². The number of aryl methyl sites for hydroxylation is 3. The number of nitrogens with one attached hydrogen (secondary N) is 1. The number of aromatic nitrogens is 2. The van der Waals surface area contributed by atoms with Crippen molar-refractivity contribution < 1.29 is 9.53 Å². The maximum atomic E-state index is 12.7. The van der Waals surface area contributed by atoms with E-state index in [9.17, 15) is 9.59 Å².